The minimum Gasteiger partial charge on any atom is -0.870 e. The molecule has 0 aliphatic rings. The van der Waals surface area contributed by atoms with Crippen LogP contribution in [0.15, 0.2) is 12.7 Å². The van der Waals surface area contributed by atoms with E-state index in [2.05, 4.69) is 6.58 Å². The van der Waals surface area contributed by atoms with E-state index in [1.807, 2.05) is 13.8 Å². The zero-order chi connectivity index (χ0) is 7.70. The van der Waals surface area contributed by atoms with Gasteiger partial charge in [0, 0.05) is 6.42 Å². The molecular formula is C7H16NNaO2. The van der Waals surface area contributed by atoms with Gasteiger partial charge >= 0.3 is 29.6 Å². The van der Waals surface area contributed by atoms with Crippen LogP contribution in [0.2, 0.25) is 0 Å². The minimum atomic E-state index is -0.211. The summed E-state index contributed by atoms with van der Waals surface area (Å²) in [6.45, 7) is 7.17. The third kappa shape index (κ3) is 67.6. The molecule has 0 radical (unpaired) electrons. The number of hydrogen-bond donors (Lipinski definition) is 1. The van der Waals surface area contributed by atoms with Crippen molar-refractivity contribution in [1.29, 1.82) is 0 Å². The Balaban J connectivity index is -0.0000000437. The quantitative estimate of drug-likeness (QED) is 0.395. The molecule has 0 heterocycles. The molecular weight excluding hydrogens is 153 g/mol. The first-order valence-electron chi connectivity index (χ1n) is 3.04. The van der Waals surface area contributed by atoms with Crippen molar-refractivity contribution < 1.29 is 39.8 Å². The first kappa shape index (κ1) is 22.5. The molecule has 0 rings (SSSR count). The van der Waals surface area contributed by atoms with E-state index in [9.17, 15) is 4.79 Å². The molecule has 62 valence electrons. The van der Waals surface area contributed by atoms with Crippen LogP contribution in [0.4, 0.5) is 0 Å². The van der Waals surface area contributed by atoms with Gasteiger partial charge in [0.25, 0.3) is 0 Å². The van der Waals surface area contributed by atoms with Crippen LogP contribution in [0.3, 0.4) is 0 Å². The molecule has 0 spiro atoms. The van der Waals surface area contributed by atoms with Crippen LogP contribution in [0.25, 0.3) is 0 Å². The minimum absolute atomic E-state index is 0. The number of carbonyl (C=O) groups is 1. The average molecular weight is 169 g/mol. The van der Waals surface area contributed by atoms with Crippen molar-refractivity contribution >= 4 is 5.91 Å². The second kappa shape index (κ2) is 22.5. The van der Waals surface area contributed by atoms with Crippen LogP contribution in [-0.2, 0) is 4.79 Å². The molecule has 0 aromatic heterocycles. The topological polar surface area (TPSA) is 73.1 Å². The standard InChI is InChI=1S/C4H9NO.C3H6.Na.H2O/c1-2-3-4(5)6;1-3-2;;/h2-3H2,1H3,(H2,5,6);3H,1H2,2H3;;1H2/q;;+1;/p-1. The SMILES string of the molecule is C=CC.CCCC(N)=O.[Na+].[OH-]. The smallest absolute Gasteiger partial charge is 0.870 e. The Labute approximate surface area is 90.6 Å². The van der Waals surface area contributed by atoms with E-state index in [4.69, 9.17) is 5.73 Å². The fourth-order valence-corrected chi connectivity index (χ4v) is 0.246. The molecule has 0 aliphatic heterocycles. The van der Waals surface area contributed by atoms with E-state index < -0.39 is 0 Å². The van der Waals surface area contributed by atoms with E-state index in [1.54, 1.807) is 6.08 Å². The third-order valence-electron chi connectivity index (χ3n) is 0.496. The number of allylic oxidation sites excluding steroid dienone is 1. The first-order chi connectivity index (χ1) is 4.18. The molecule has 0 saturated carbocycles. The Bertz CT molecular complexity index is 86.5. The number of primary amides is 1. The molecule has 0 aromatic rings. The third-order valence-corrected chi connectivity index (χ3v) is 0.496. The van der Waals surface area contributed by atoms with E-state index >= 15 is 0 Å². The Morgan fingerprint density at radius 1 is 1.64 bits per heavy atom. The normalized spacial score (nSPS) is 5.64. The van der Waals surface area contributed by atoms with Crippen molar-refractivity contribution in [2.24, 2.45) is 5.73 Å². The van der Waals surface area contributed by atoms with Crippen LogP contribution in [0.5, 0.6) is 0 Å². The molecule has 1 amide bonds. The van der Waals surface area contributed by atoms with Crippen LogP contribution >= 0.6 is 0 Å². The molecule has 0 aliphatic carbocycles. The van der Waals surface area contributed by atoms with E-state index in [0.717, 1.165) is 6.42 Å². The number of carbonyl (C=O) groups excluding carboxylic acids is 1. The summed E-state index contributed by atoms with van der Waals surface area (Å²) in [5.41, 5.74) is 4.76. The van der Waals surface area contributed by atoms with Crippen molar-refractivity contribution in [2.75, 3.05) is 0 Å². The van der Waals surface area contributed by atoms with Gasteiger partial charge < -0.3 is 11.2 Å². The van der Waals surface area contributed by atoms with Crippen molar-refractivity contribution in [2.45, 2.75) is 26.7 Å². The second-order valence-electron chi connectivity index (χ2n) is 1.62. The molecule has 0 aromatic carbocycles. The summed E-state index contributed by atoms with van der Waals surface area (Å²) in [4.78, 5) is 9.82. The number of nitrogens with two attached hydrogens (primary N) is 1. The number of rotatable bonds is 2. The Morgan fingerprint density at radius 2 is 1.91 bits per heavy atom. The summed E-state index contributed by atoms with van der Waals surface area (Å²) in [6, 6.07) is 0. The van der Waals surface area contributed by atoms with Crippen molar-refractivity contribution in [3.8, 4) is 0 Å². The van der Waals surface area contributed by atoms with Gasteiger partial charge in [-0.25, -0.2) is 0 Å². The predicted molar refractivity (Wildman–Crippen MR) is 41.9 cm³/mol. The fraction of sp³-hybridized carbons (Fsp3) is 0.571. The summed E-state index contributed by atoms with van der Waals surface area (Å²) in [5, 5.41) is 0. The van der Waals surface area contributed by atoms with Gasteiger partial charge in [-0.05, 0) is 13.3 Å². The monoisotopic (exact) mass is 169 g/mol. The molecule has 0 atom stereocenters. The van der Waals surface area contributed by atoms with Gasteiger partial charge in [-0.1, -0.05) is 13.0 Å². The molecule has 11 heavy (non-hydrogen) atoms. The Kier molecular flexibility index (Phi) is 45.9. The first-order valence-corrected chi connectivity index (χ1v) is 3.04. The summed E-state index contributed by atoms with van der Waals surface area (Å²) < 4.78 is 0. The van der Waals surface area contributed by atoms with E-state index in [1.165, 1.54) is 0 Å². The van der Waals surface area contributed by atoms with Gasteiger partial charge in [0.05, 0.1) is 0 Å². The molecule has 0 fully saturated rings. The zero-order valence-electron chi connectivity index (χ0n) is 7.63. The summed E-state index contributed by atoms with van der Waals surface area (Å²) >= 11 is 0. The van der Waals surface area contributed by atoms with Gasteiger partial charge in [0.1, 0.15) is 0 Å². The predicted octanol–water partition coefficient (Wildman–Crippen LogP) is -1.71. The Morgan fingerprint density at radius 3 is 1.91 bits per heavy atom. The van der Waals surface area contributed by atoms with Crippen LogP contribution in [0, 0.1) is 0 Å². The molecule has 0 saturated heterocycles. The number of amides is 1. The van der Waals surface area contributed by atoms with Gasteiger partial charge in [0.15, 0.2) is 0 Å². The Hall–Kier alpha value is 0.170. The van der Waals surface area contributed by atoms with E-state index in [-0.39, 0.29) is 40.9 Å². The summed E-state index contributed by atoms with van der Waals surface area (Å²) in [6.07, 6.45) is 3.12. The van der Waals surface area contributed by atoms with E-state index in [0.29, 0.717) is 6.42 Å². The molecule has 0 unspecified atom stereocenters. The van der Waals surface area contributed by atoms with Crippen LogP contribution < -0.4 is 35.3 Å². The molecule has 4 heteroatoms. The van der Waals surface area contributed by atoms with Gasteiger partial charge in [-0.3, -0.25) is 4.79 Å². The maximum Gasteiger partial charge on any atom is 1.00 e. The van der Waals surface area contributed by atoms with Crippen LogP contribution in [-0.4, -0.2) is 11.4 Å². The molecule has 0 bridgehead atoms. The maximum absolute atomic E-state index is 9.82. The molecule has 3 N–H and O–H groups in total. The molecule has 3 nitrogen and oxygen atoms in total. The van der Waals surface area contributed by atoms with Gasteiger partial charge in [-0.2, -0.15) is 0 Å². The van der Waals surface area contributed by atoms with Gasteiger partial charge in [0.2, 0.25) is 5.91 Å². The van der Waals surface area contributed by atoms with Gasteiger partial charge in [-0.15, -0.1) is 6.58 Å². The van der Waals surface area contributed by atoms with Crippen molar-refractivity contribution in [3.05, 3.63) is 12.7 Å². The van der Waals surface area contributed by atoms with Crippen molar-refractivity contribution in [1.82, 2.24) is 0 Å². The largest absolute Gasteiger partial charge is 1.00 e. The average Bonchev–Trinajstić information content (AvgIpc) is 1.67. The number of hydrogen-bond acceptors (Lipinski definition) is 2. The summed E-state index contributed by atoms with van der Waals surface area (Å²) in [7, 11) is 0. The zero-order valence-corrected chi connectivity index (χ0v) is 9.63. The van der Waals surface area contributed by atoms with Crippen LogP contribution in [0.1, 0.15) is 26.7 Å². The summed E-state index contributed by atoms with van der Waals surface area (Å²) in [5.74, 6) is -0.211. The maximum atomic E-state index is 9.82. The van der Waals surface area contributed by atoms with Crippen molar-refractivity contribution in [3.63, 3.8) is 0 Å². The fourth-order valence-electron chi connectivity index (χ4n) is 0.246. The second-order valence-corrected chi connectivity index (χ2v) is 1.62.